The van der Waals surface area contributed by atoms with E-state index in [0.29, 0.717) is 22.4 Å². The molecule has 0 aliphatic carbocycles. The summed E-state index contributed by atoms with van der Waals surface area (Å²) in [6, 6.07) is 13.9. The first kappa shape index (κ1) is 24.5. The van der Waals surface area contributed by atoms with E-state index in [1.807, 2.05) is 0 Å². The molecule has 3 aromatic carbocycles. The van der Waals surface area contributed by atoms with E-state index in [9.17, 15) is 21.2 Å². The molecule has 0 spiro atoms. The lowest BCUT2D eigenvalue weighted by Crippen LogP contribution is -2.19. The Labute approximate surface area is 193 Å². The molecule has 0 unspecified atom stereocenters. The molecule has 3 aromatic rings. The number of halogens is 1. The van der Waals surface area contributed by atoms with Crippen molar-refractivity contribution in [3.05, 3.63) is 82.7 Å². The molecular formula is C23H25FN2O5S2. The highest BCUT2D eigenvalue weighted by Gasteiger charge is 2.24. The van der Waals surface area contributed by atoms with Crippen LogP contribution in [0.1, 0.15) is 22.3 Å². The van der Waals surface area contributed by atoms with Gasteiger partial charge in [-0.1, -0.05) is 24.3 Å². The molecule has 0 aliphatic heterocycles. The lowest BCUT2D eigenvalue weighted by molar-refractivity contribution is 0.306. The average molecular weight is 493 g/mol. The van der Waals surface area contributed by atoms with E-state index in [-0.39, 0.29) is 28.7 Å². The highest BCUT2D eigenvalue weighted by molar-refractivity contribution is 7.93. The molecular weight excluding hydrogens is 467 g/mol. The van der Waals surface area contributed by atoms with Crippen molar-refractivity contribution in [1.29, 1.82) is 0 Å². The van der Waals surface area contributed by atoms with Crippen LogP contribution in [0.3, 0.4) is 0 Å². The SMILES string of the molecule is Cc1cc(C)c(S(=O)(=O)Nc2cccc(OCc3ccc(F)cc3)c2)c(C)c1NS(C)(=O)=O. The summed E-state index contributed by atoms with van der Waals surface area (Å²) in [5.41, 5.74) is 2.68. The molecule has 3 rings (SSSR count). The summed E-state index contributed by atoms with van der Waals surface area (Å²) in [5, 5.41) is 0. The van der Waals surface area contributed by atoms with Crippen LogP contribution in [0.4, 0.5) is 15.8 Å². The third-order valence-electron chi connectivity index (χ3n) is 4.86. The number of sulfonamides is 2. The smallest absolute Gasteiger partial charge is 0.262 e. The molecule has 0 bridgehead atoms. The summed E-state index contributed by atoms with van der Waals surface area (Å²) in [7, 11) is -7.64. The monoisotopic (exact) mass is 492 g/mol. The fraction of sp³-hybridized carbons (Fsp3) is 0.217. The molecule has 2 N–H and O–H groups in total. The Balaban J connectivity index is 1.87. The zero-order chi connectivity index (χ0) is 24.4. The van der Waals surface area contributed by atoms with E-state index in [4.69, 9.17) is 4.74 Å². The maximum atomic E-state index is 13.2. The van der Waals surface area contributed by atoms with Crippen LogP contribution < -0.4 is 14.2 Å². The minimum absolute atomic E-state index is 0.00289. The summed E-state index contributed by atoms with van der Waals surface area (Å²) >= 11 is 0. The molecule has 0 fully saturated rings. The van der Waals surface area contributed by atoms with E-state index >= 15 is 0 Å². The second-order valence-electron chi connectivity index (χ2n) is 7.76. The van der Waals surface area contributed by atoms with E-state index in [1.54, 1.807) is 57.2 Å². The first-order valence-electron chi connectivity index (χ1n) is 9.94. The van der Waals surface area contributed by atoms with Gasteiger partial charge >= 0.3 is 0 Å². The van der Waals surface area contributed by atoms with E-state index in [0.717, 1.165) is 11.8 Å². The number of nitrogens with one attached hydrogen (secondary N) is 2. The molecule has 10 heteroatoms. The van der Waals surface area contributed by atoms with Crippen molar-refractivity contribution < 1.29 is 26.0 Å². The van der Waals surface area contributed by atoms with Gasteiger partial charge in [-0.15, -0.1) is 0 Å². The predicted octanol–water partition coefficient (Wildman–Crippen LogP) is 4.50. The minimum atomic E-state index is -4.04. The van der Waals surface area contributed by atoms with Crippen molar-refractivity contribution in [3.63, 3.8) is 0 Å². The molecule has 0 aliphatic rings. The number of anilines is 2. The maximum absolute atomic E-state index is 13.2. The second kappa shape index (κ2) is 9.40. The van der Waals surface area contributed by atoms with Gasteiger partial charge in [-0.2, -0.15) is 0 Å². The molecule has 0 atom stereocenters. The van der Waals surface area contributed by atoms with Gasteiger partial charge in [0.05, 0.1) is 22.5 Å². The van der Waals surface area contributed by atoms with Crippen LogP contribution in [0.15, 0.2) is 59.5 Å². The Bertz CT molecular complexity index is 1390. The van der Waals surface area contributed by atoms with E-state index in [2.05, 4.69) is 9.44 Å². The molecule has 33 heavy (non-hydrogen) atoms. The Kier molecular flexibility index (Phi) is 6.99. The standard InChI is InChI=1S/C23H25FN2O5S2/c1-15-12-16(2)23(17(3)22(15)26-32(4,27)28)33(29,30)25-20-6-5-7-21(13-20)31-14-18-8-10-19(24)11-9-18/h5-13,25-26H,14H2,1-4H3. The summed E-state index contributed by atoms with van der Waals surface area (Å²) in [4.78, 5) is -0.00289. The Morgan fingerprint density at radius 3 is 2.18 bits per heavy atom. The molecule has 0 amide bonds. The zero-order valence-electron chi connectivity index (χ0n) is 18.6. The van der Waals surface area contributed by atoms with Crippen molar-refractivity contribution in [3.8, 4) is 5.75 Å². The first-order chi connectivity index (χ1) is 15.4. The van der Waals surface area contributed by atoms with Gasteiger partial charge in [0.25, 0.3) is 10.0 Å². The Morgan fingerprint density at radius 1 is 0.879 bits per heavy atom. The lowest BCUT2D eigenvalue weighted by atomic mass is 10.1. The van der Waals surface area contributed by atoms with Crippen molar-refractivity contribution in [2.75, 3.05) is 15.7 Å². The molecule has 0 aromatic heterocycles. The number of benzene rings is 3. The lowest BCUT2D eigenvalue weighted by Gasteiger charge is -2.19. The van der Waals surface area contributed by atoms with Gasteiger partial charge in [-0.3, -0.25) is 9.44 Å². The predicted molar refractivity (Wildman–Crippen MR) is 127 cm³/mol. The molecule has 7 nitrogen and oxygen atoms in total. The molecule has 0 heterocycles. The van der Waals surface area contributed by atoms with Crippen molar-refractivity contribution in [2.45, 2.75) is 32.3 Å². The maximum Gasteiger partial charge on any atom is 0.262 e. The number of hydrogen-bond acceptors (Lipinski definition) is 5. The number of aryl methyl sites for hydroxylation is 2. The van der Waals surface area contributed by atoms with Crippen LogP contribution >= 0.6 is 0 Å². The van der Waals surface area contributed by atoms with Gasteiger partial charge < -0.3 is 4.74 Å². The fourth-order valence-electron chi connectivity index (χ4n) is 3.53. The first-order valence-corrected chi connectivity index (χ1v) is 13.3. The second-order valence-corrected chi connectivity index (χ2v) is 11.1. The number of rotatable bonds is 8. The van der Waals surface area contributed by atoms with E-state index < -0.39 is 20.0 Å². The zero-order valence-corrected chi connectivity index (χ0v) is 20.3. The summed E-state index contributed by atoms with van der Waals surface area (Å²) in [6.07, 6.45) is 1.01. The molecule has 0 saturated carbocycles. The van der Waals surface area contributed by atoms with Gasteiger partial charge in [0.2, 0.25) is 10.0 Å². The van der Waals surface area contributed by atoms with Crippen LogP contribution in [0.25, 0.3) is 0 Å². The number of hydrogen-bond donors (Lipinski definition) is 2. The van der Waals surface area contributed by atoms with Crippen LogP contribution in [0.5, 0.6) is 5.75 Å². The van der Waals surface area contributed by atoms with Crippen LogP contribution in [-0.2, 0) is 26.7 Å². The van der Waals surface area contributed by atoms with Gasteiger partial charge in [-0.05, 0) is 67.3 Å². The molecule has 0 radical (unpaired) electrons. The quantitative estimate of drug-likeness (QED) is 0.482. The van der Waals surface area contributed by atoms with Gasteiger partial charge in [0.1, 0.15) is 18.2 Å². The van der Waals surface area contributed by atoms with Crippen LogP contribution in [0.2, 0.25) is 0 Å². The normalized spacial score (nSPS) is 11.8. The Morgan fingerprint density at radius 2 is 1.55 bits per heavy atom. The summed E-state index contributed by atoms with van der Waals surface area (Å²) in [6.45, 7) is 5.11. The van der Waals surface area contributed by atoms with E-state index in [1.165, 1.54) is 18.2 Å². The highest BCUT2D eigenvalue weighted by Crippen LogP contribution is 2.32. The van der Waals surface area contributed by atoms with Gasteiger partial charge in [-0.25, -0.2) is 21.2 Å². The highest BCUT2D eigenvalue weighted by atomic mass is 32.2. The van der Waals surface area contributed by atoms with Crippen molar-refractivity contribution in [2.24, 2.45) is 0 Å². The number of ether oxygens (including phenoxy) is 1. The third kappa shape index (κ3) is 6.23. The summed E-state index contributed by atoms with van der Waals surface area (Å²) in [5.74, 6) is 0.0862. The van der Waals surface area contributed by atoms with Crippen molar-refractivity contribution in [1.82, 2.24) is 0 Å². The molecule has 0 saturated heterocycles. The Hall–Kier alpha value is -3.11. The minimum Gasteiger partial charge on any atom is -0.489 e. The topological polar surface area (TPSA) is 102 Å². The third-order valence-corrected chi connectivity index (χ3v) is 7.11. The average Bonchev–Trinajstić information content (AvgIpc) is 2.69. The van der Waals surface area contributed by atoms with Crippen molar-refractivity contribution >= 4 is 31.4 Å². The van der Waals surface area contributed by atoms with Gasteiger partial charge in [0, 0.05) is 6.07 Å². The fourth-order valence-corrected chi connectivity index (χ4v) is 5.74. The molecule has 176 valence electrons. The largest absolute Gasteiger partial charge is 0.489 e. The van der Waals surface area contributed by atoms with Crippen LogP contribution in [0, 0.1) is 26.6 Å². The van der Waals surface area contributed by atoms with Crippen LogP contribution in [-0.4, -0.2) is 23.1 Å². The summed E-state index contributed by atoms with van der Waals surface area (Å²) < 4.78 is 73.6. The van der Waals surface area contributed by atoms with Gasteiger partial charge in [0.15, 0.2) is 0 Å².